The second-order valence-electron chi connectivity index (χ2n) is 2.79. The Morgan fingerprint density at radius 3 is 2.56 bits per heavy atom. The Labute approximate surface area is 99.9 Å². The summed E-state index contributed by atoms with van der Waals surface area (Å²) in [6, 6.07) is 6.42. The van der Waals surface area contributed by atoms with E-state index in [4.69, 9.17) is 0 Å². The summed E-state index contributed by atoms with van der Waals surface area (Å²) in [5.41, 5.74) is 0.270. The summed E-state index contributed by atoms with van der Waals surface area (Å²) in [4.78, 5) is 33.2. The first-order valence-corrected chi connectivity index (χ1v) is 5.03. The number of carbonyl (C=O) groups is 3. The van der Waals surface area contributed by atoms with Gasteiger partial charge in [-0.05, 0) is 18.2 Å². The molecule has 0 atom stereocenters. The number of rotatable bonds is 1. The molecule has 1 rings (SSSR count). The molecular formula is C10H8BrNO4. The fraction of sp³-hybridized carbons (Fsp3) is 0.100. The summed E-state index contributed by atoms with van der Waals surface area (Å²) in [7, 11) is 1.06. The average Bonchev–Trinajstić information content (AvgIpc) is 2.27. The van der Waals surface area contributed by atoms with E-state index >= 15 is 0 Å². The maximum absolute atomic E-state index is 11.5. The fourth-order valence-corrected chi connectivity index (χ4v) is 1.35. The van der Waals surface area contributed by atoms with Gasteiger partial charge in [-0.2, -0.15) is 0 Å². The number of amides is 2. The summed E-state index contributed by atoms with van der Waals surface area (Å²) in [6.45, 7) is 0. The lowest BCUT2D eigenvalue weighted by Gasteiger charge is -2.02. The molecule has 0 bridgehead atoms. The van der Waals surface area contributed by atoms with E-state index in [0.29, 0.717) is 4.47 Å². The first kappa shape index (κ1) is 12.4. The van der Waals surface area contributed by atoms with Crippen molar-refractivity contribution in [1.82, 2.24) is 5.32 Å². The van der Waals surface area contributed by atoms with Gasteiger partial charge in [-0.25, -0.2) is 4.79 Å². The van der Waals surface area contributed by atoms with Crippen molar-refractivity contribution in [3.8, 4) is 0 Å². The molecule has 0 spiro atoms. The van der Waals surface area contributed by atoms with Crippen molar-refractivity contribution < 1.29 is 19.1 Å². The predicted molar refractivity (Wildman–Crippen MR) is 58.6 cm³/mol. The first-order valence-electron chi connectivity index (χ1n) is 4.24. The van der Waals surface area contributed by atoms with Gasteiger partial charge in [0.05, 0.1) is 7.11 Å². The van der Waals surface area contributed by atoms with E-state index in [1.54, 1.807) is 12.1 Å². The zero-order valence-electron chi connectivity index (χ0n) is 8.32. The Kier molecular flexibility index (Phi) is 4.19. The van der Waals surface area contributed by atoms with Gasteiger partial charge >= 0.3 is 11.9 Å². The third-order valence-electron chi connectivity index (χ3n) is 1.68. The molecule has 0 aliphatic heterocycles. The number of esters is 1. The van der Waals surface area contributed by atoms with Gasteiger partial charge in [0.25, 0.3) is 5.91 Å². The van der Waals surface area contributed by atoms with Crippen LogP contribution in [0.25, 0.3) is 0 Å². The highest BCUT2D eigenvalue weighted by atomic mass is 79.9. The van der Waals surface area contributed by atoms with E-state index in [2.05, 4.69) is 20.7 Å². The lowest BCUT2D eigenvalue weighted by Crippen LogP contribution is -2.36. The highest BCUT2D eigenvalue weighted by Crippen LogP contribution is 2.11. The number of imide groups is 1. The zero-order chi connectivity index (χ0) is 12.1. The van der Waals surface area contributed by atoms with Gasteiger partial charge in [-0.1, -0.05) is 22.0 Å². The summed E-state index contributed by atoms with van der Waals surface area (Å²) in [6.07, 6.45) is 0. The van der Waals surface area contributed by atoms with Crippen molar-refractivity contribution in [3.63, 3.8) is 0 Å². The minimum absolute atomic E-state index is 0.270. The minimum Gasteiger partial charge on any atom is -0.462 e. The molecular weight excluding hydrogens is 278 g/mol. The Bertz CT molecular complexity index is 444. The van der Waals surface area contributed by atoms with Gasteiger partial charge in [0.15, 0.2) is 0 Å². The van der Waals surface area contributed by atoms with Crippen LogP contribution in [0.15, 0.2) is 28.7 Å². The van der Waals surface area contributed by atoms with Crippen LogP contribution in [0.1, 0.15) is 10.4 Å². The molecule has 0 saturated carbocycles. The number of benzene rings is 1. The molecule has 2 amide bonds. The Balaban J connectivity index is 2.73. The highest BCUT2D eigenvalue weighted by Gasteiger charge is 2.17. The number of hydrogen-bond donors (Lipinski definition) is 1. The quantitative estimate of drug-likeness (QED) is 0.614. The third kappa shape index (κ3) is 3.16. The smallest absolute Gasteiger partial charge is 0.396 e. The van der Waals surface area contributed by atoms with Crippen molar-refractivity contribution in [2.75, 3.05) is 7.11 Å². The standard InChI is InChI=1S/C10H8BrNO4/c1-16-10(15)9(14)12-8(13)6-3-2-4-7(11)5-6/h2-5H,1H3,(H,12,13,14). The molecule has 0 saturated heterocycles. The summed E-state index contributed by atoms with van der Waals surface area (Å²) < 4.78 is 4.86. The topological polar surface area (TPSA) is 72.5 Å². The van der Waals surface area contributed by atoms with E-state index in [0.717, 1.165) is 7.11 Å². The molecule has 1 N–H and O–H groups in total. The molecule has 5 nitrogen and oxygen atoms in total. The van der Waals surface area contributed by atoms with Gasteiger partial charge in [0, 0.05) is 10.0 Å². The van der Waals surface area contributed by atoms with Crippen LogP contribution in [-0.4, -0.2) is 24.9 Å². The molecule has 84 valence electrons. The number of carbonyl (C=O) groups excluding carboxylic acids is 3. The van der Waals surface area contributed by atoms with E-state index in [-0.39, 0.29) is 5.56 Å². The first-order chi connectivity index (χ1) is 7.54. The van der Waals surface area contributed by atoms with Crippen LogP contribution in [0.4, 0.5) is 0 Å². The Morgan fingerprint density at radius 2 is 2.00 bits per heavy atom. The molecule has 16 heavy (non-hydrogen) atoms. The van der Waals surface area contributed by atoms with Gasteiger partial charge in [0.2, 0.25) is 0 Å². The van der Waals surface area contributed by atoms with Crippen LogP contribution >= 0.6 is 15.9 Å². The Morgan fingerprint density at radius 1 is 1.31 bits per heavy atom. The largest absolute Gasteiger partial charge is 0.462 e. The predicted octanol–water partition coefficient (Wildman–Crippen LogP) is 0.878. The van der Waals surface area contributed by atoms with Crippen LogP contribution < -0.4 is 5.32 Å². The molecule has 0 aliphatic carbocycles. The summed E-state index contributed by atoms with van der Waals surface area (Å²) in [5, 5.41) is 1.90. The number of methoxy groups -OCH3 is 1. The summed E-state index contributed by atoms with van der Waals surface area (Å²) >= 11 is 3.18. The van der Waals surface area contributed by atoms with Crippen molar-refractivity contribution >= 4 is 33.7 Å². The molecule has 6 heteroatoms. The maximum atomic E-state index is 11.5. The van der Waals surface area contributed by atoms with Gasteiger partial charge in [-0.15, -0.1) is 0 Å². The second-order valence-corrected chi connectivity index (χ2v) is 3.70. The summed E-state index contributed by atoms with van der Waals surface area (Å²) in [5.74, 6) is -2.85. The van der Waals surface area contributed by atoms with E-state index in [1.165, 1.54) is 12.1 Å². The molecule has 0 heterocycles. The van der Waals surface area contributed by atoms with Crippen molar-refractivity contribution in [3.05, 3.63) is 34.3 Å². The number of ether oxygens (including phenoxy) is 1. The van der Waals surface area contributed by atoms with Crippen molar-refractivity contribution in [1.29, 1.82) is 0 Å². The maximum Gasteiger partial charge on any atom is 0.396 e. The van der Waals surface area contributed by atoms with E-state index in [9.17, 15) is 14.4 Å². The van der Waals surface area contributed by atoms with Gasteiger partial charge in [-0.3, -0.25) is 14.9 Å². The molecule has 0 aromatic heterocycles. The van der Waals surface area contributed by atoms with Crippen LogP contribution in [0, 0.1) is 0 Å². The monoisotopic (exact) mass is 285 g/mol. The van der Waals surface area contributed by atoms with Crippen molar-refractivity contribution in [2.45, 2.75) is 0 Å². The molecule has 0 fully saturated rings. The van der Waals surface area contributed by atoms with Gasteiger partial charge in [0.1, 0.15) is 0 Å². The van der Waals surface area contributed by atoms with Crippen LogP contribution in [0.3, 0.4) is 0 Å². The lowest BCUT2D eigenvalue weighted by molar-refractivity contribution is -0.152. The molecule has 0 radical (unpaired) electrons. The normalized spacial score (nSPS) is 9.38. The molecule has 0 aliphatic rings. The molecule has 1 aromatic carbocycles. The van der Waals surface area contributed by atoms with Crippen LogP contribution in [0.2, 0.25) is 0 Å². The zero-order valence-corrected chi connectivity index (χ0v) is 9.91. The van der Waals surface area contributed by atoms with Crippen LogP contribution in [0.5, 0.6) is 0 Å². The van der Waals surface area contributed by atoms with Crippen molar-refractivity contribution in [2.24, 2.45) is 0 Å². The highest BCUT2D eigenvalue weighted by molar-refractivity contribution is 9.10. The van der Waals surface area contributed by atoms with E-state index in [1.807, 2.05) is 5.32 Å². The molecule has 1 aromatic rings. The Hall–Kier alpha value is -1.69. The second kappa shape index (κ2) is 5.41. The molecule has 0 unspecified atom stereocenters. The third-order valence-corrected chi connectivity index (χ3v) is 2.18. The van der Waals surface area contributed by atoms with Gasteiger partial charge < -0.3 is 4.74 Å². The number of nitrogens with one attached hydrogen (secondary N) is 1. The SMILES string of the molecule is COC(=O)C(=O)NC(=O)c1cccc(Br)c1. The van der Waals surface area contributed by atoms with E-state index < -0.39 is 17.8 Å². The average molecular weight is 286 g/mol. The minimum atomic E-state index is -1.11. The van der Waals surface area contributed by atoms with Crippen LogP contribution in [-0.2, 0) is 14.3 Å². The fourth-order valence-electron chi connectivity index (χ4n) is 0.949. The number of hydrogen-bond acceptors (Lipinski definition) is 4. The lowest BCUT2D eigenvalue weighted by atomic mass is 10.2. The number of halogens is 1.